The van der Waals surface area contributed by atoms with Crippen molar-refractivity contribution in [2.45, 2.75) is 73.5 Å². The highest BCUT2D eigenvalue weighted by molar-refractivity contribution is 5.73. The Kier molecular flexibility index (Phi) is 10.3. The van der Waals surface area contributed by atoms with E-state index in [1.54, 1.807) is 27.7 Å². The van der Waals surface area contributed by atoms with E-state index in [4.69, 9.17) is 14.6 Å². The number of carboxylic acids is 1. The van der Waals surface area contributed by atoms with E-state index in [1.165, 1.54) is 0 Å². The van der Waals surface area contributed by atoms with Gasteiger partial charge in [-0.1, -0.05) is 41.5 Å². The van der Waals surface area contributed by atoms with Crippen LogP contribution >= 0.6 is 0 Å². The Hall–Kier alpha value is -1.59. The first kappa shape index (κ1) is 22.4. The van der Waals surface area contributed by atoms with Crippen molar-refractivity contribution >= 4 is 17.9 Å². The molecule has 0 radical (unpaired) electrons. The van der Waals surface area contributed by atoms with Crippen molar-refractivity contribution in [2.75, 3.05) is 0 Å². The third-order valence-electron chi connectivity index (χ3n) is 3.52. The Morgan fingerprint density at radius 1 is 0.958 bits per heavy atom. The van der Waals surface area contributed by atoms with Crippen LogP contribution in [-0.2, 0) is 23.9 Å². The minimum absolute atomic E-state index is 0.0431. The predicted octanol–water partition coefficient (Wildman–Crippen LogP) is 3.63. The van der Waals surface area contributed by atoms with Crippen LogP contribution in [-0.4, -0.2) is 29.3 Å². The molecule has 1 unspecified atom stereocenters. The van der Waals surface area contributed by atoms with Crippen molar-refractivity contribution in [3.8, 4) is 0 Å². The van der Waals surface area contributed by atoms with Gasteiger partial charge in [-0.2, -0.15) is 0 Å². The number of carboxylic acid groups (broad SMARTS) is 1. The molecule has 1 N–H and O–H groups in total. The first-order valence-corrected chi connectivity index (χ1v) is 8.64. The maximum atomic E-state index is 12.0. The van der Waals surface area contributed by atoms with Gasteiger partial charge < -0.3 is 14.6 Å². The topological polar surface area (TPSA) is 89.9 Å². The van der Waals surface area contributed by atoms with Crippen molar-refractivity contribution in [3.63, 3.8) is 0 Å². The van der Waals surface area contributed by atoms with Crippen molar-refractivity contribution in [2.24, 2.45) is 23.7 Å². The van der Waals surface area contributed by atoms with Gasteiger partial charge in [0.25, 0.3) is 0 Å². The number of aliphatic carboxylic acids is 1. The summed E-state index contributed by atoms with van der Waals surface area (Å²) in [4.78, 5) is 34.6. The number of carbonyl (C=O) groups is 3. The molecule has 0 aliphatic heterocycles. The molecule has 0 aromatic heterocycles. The van der Waals surface area contributed by atoms with Gasteiger partial charge in [0.05, 0.1) is 5.92 Å². The average molecular weight is 344 g/mol. The van der Waals surface area contributed by atoms with Crippen molar-refractivity contribution in [1.82, 2.24) is 0 Å². The number of esters is 2. The van der Waals surface area contributed by atoms with Crippen LogP contribution in [0, 0.1) is 23.7 Å². The zero-order valence-electron chi connectivity index (χ0n) is 15.7. The molecule has 0 saturated carbocycles. The quantitative estimate of drug-likeness (QED) is 0.455. The Bertz CT molecular complexity index is 414. The van der Waals surface area contributed by atoms with Crippen LogP contribution in [0.5, 0.6) is 0 Å². The lowest BCUT2D eigenvalue weighted by molar-refractivity contribution is -0.198. The number of ether oxygens (including phenoxy) is 2. The molecular weight excluding hydrogens is 312 g/mol. The van der Waals surface area contributed by atoms with E-state index in [0.717, 1.165) is 6.42 Å². The molecule has 0 heterocycles. The molecule has 0 spiro atoms. The largest absolute Gasteiger partial charge is 0.481 e. The van der Waals surface area contributed by atoms with Gasteiger partial charge in [0.1, 0.15) is 0 Å². The van der Waals surface area contributed by atoms with Crippen LogP contribution in [0.3, 0.4) is 0 Å². The van der Waals surface area contributed by atoms with E-state index in [0.29, 0.717) is 12.3 Å². The van der Waals surface area contributed by atoms with Crippen LogP contribution in [0.15, 0.2) is 0 Å². The zero-order chi connectivity index (χ0) is 18.9. The first-order chi connectivity index (χ1) is 11.0. The average Bonchev–Trinajstić information content (AvgIpc) is 2.42. The lowest BCUT2D eigenvalue weighted by Crippen LogP contribution is -2.31. The maximum Gasteiger partial charge on any atom is 0.311 e. The van der Waals surface area contributed by atoms with Gasteiger partial charge in [-0.25, -0.2) is 0 Å². The van der Waals surface area contributed by atoms with E-state index >= 15 is 0 Å². The van der Waals surface area contributed by atoms with E-state index in [2.05, 4.69) is 0 Å². The minimum Gasteiger partial charge on any atom is -0.481 e. The van der Waals surface area contributed by atoms with Crippen molar-refractivity contribution < 1.29 is 29.0 Å². The number of hydrogen-bond donors (Lipinski definition) is 1. The summed E-state index contributed by atoms with van der Waals surface area (Å²) in [5, 5.41) is 8.96. The van der Waals surface area contributed by atoms with E-state index in [-0.39, 0.29) is 30.6 Å². The highest BCUT2D eigenvalue weighted by Crippen LogP contribution is 2.22. The fourth-order valence-corrected chi connectivity index (χ4v) is 2.27. The van der Waals surface area contributed by atoms with Crippen molar-refractivity contribution in [3.05, 3.63) is 0 Å². The lowest BCUT2D eigenvalue weighted by Gasteiger charge is -2.23. The van der Waals surface area contributed by atoms with Crippen LogP contribution in [0.2, 0.25) is 0 Å². The summed E-state index contributed by atoms with van der Waals surface area (Å²) in [5.74, 6) is -1.89. The summed E-state index contributed by atoms with van der Waals surface area (Å²) in [6.45, 7) is 11.1. The van der Waals surface area contributed by atoms with Gasteiger partial charge >= 0.3 is 17.9 Å². The van der Waals surface area contributed by atoms with Gasteiger partial charge in [0.2, 0.25) is 6.29 Å². The summed E-state index contributed by atoms with van der Waals surface area (Å²) in [5.41, 5.74) is 0. The maximum absolute atomic E-state index is 12.0. The molecule has 0 amide bonds. The summed E-state index contributed by atoms with van der Waals surface area (Å²) < 4.78 is 10.5. The second-order valence-electron chi connectivity index (χ2n) is 7.33. The Morgan fingerprint density at radius 3 is 1.96 bits per heavy atom. The third-order valence-corrected chi connectivity index (χ3v) is 3.52. The molecule has 0 aromatic rings. The van der Waals surface area contributed by atoms with E-state index < -0.39 is 24.2 Å². The predicted molar refractivity (Wildman–Crippen MR) is 90.1 cm³/mol. The highest BCUT2D eigenvalue weighted by Gasteiger charge is 2.25. The molecule has 0 aliphatic rings. The normalized spacial score (nSPS) is 13.9. The molecule has 6 nitrogen and oxygen atoms in total. The molecular formula is C18H32O6. The molecule has 6 heteroatoms. The summed E-state index contributed by atoms with van der Waals surface area (Å²) in [6, 6.07) is 0. The molecule has 0 aromatic carbocycles. The van der Waals surface area contributed by atoms with Gasteiger partial charge in [-0.15, -0.1) is 0 Å². The first-order valence-electron chi connectivity index (χ1n) is 8.64. The van der Waals surface area contributed by atoms with Gasteiger partial charge in [0.15, 0.2) is 0 Å². The van der Waals surface area contributed by atoms with Crippen LogP contribution in [0.25, 0.3) is 0 Å². The molecule has 2 atom stereocenters. The van der Waals surface area contributed by atoms with Gasteiger partial charge in [0, 0.05) is 18.8 Å². The molecule has 24 heavy (non-hydrogen) atoms. The summed E-state index contributed by atoms with van der Waals surface area (Å²) in [6.07, 6.45) is 0.450. The standard InChI is InChI=1S/C18H32O6/c1-11(2)9-14(10-15(19)20)7-8-16(21)23-18(13(5)6)24-17(22)12(3)4/h11-14,18H,7-10H2,1-6H3,(H,19,20)/t14-,18?/m0/s1. The second kappa shape index (κ2) is 11.0. The SMILES string of the molecule is CC(C)C[C@H](CCC(=O)OC(OC(=O)C(C)C)C(C)C)CC(=O)O. The second-order valence-corrected chi connectivity index (χ2v) is 7.33. The fraction of sp³-hybridized carbons (Fsp3) is 0.833. The molecule has 0 saturated heterocycles. The molecule has 0 bridgehead atoms. The lowest BCUT2D eigenvalue weighted by atomic mass is 9.90. The van der Waals surface area contributed by atoms with Gasteiger partial charge in [-0.05, 0) is 24.7 Å². The number of hydrogen-bond acceptors (Lipinski definition) is 5. The fourth-order valence-electron chi connectivity index (χ4n) is 2.27. The number of rotatable bonds is 11. The van der Waals surface area contributed by atoms with Crippen LogP contribution in [0.4, 0.5) is 0 Å². The smallest absolute Gasteiger partial charge is 0.311 e. The van der Waals surface area contributed by atoms with Crippen molar-refractivity contribution in [1.29, 1.82) is 0 Å². The number of carbonyl (C=O) groups excluding carboxylic acids is 2. The molecule has 0 fully saturated rings. The van der Waals surface area contributed by atoms with Crippen LogP contribution < -0.4 is 0 Å². The Morgan fingerprint density at radius 2 is 1.54 bits per heavy atom. The molecule has 0 aliphatic carbocycles. The van der Waals surface area contributed by atoms with Crippen LogP contribution in [0.1, 0.15) is 67.2 Å². The zero-order valence-corrected chi connectivity index (χ0v) is 15.7. The van der Waals surface area contributed by atoms with E-state index in [1.807, 2.05) is 13.8 Å². The Balaban J connectivity index is 4.54. The Labute approximate surface area is 144 Å². The molecule has 140 valence electrons. The summed E-state index contributed by atoms with van der Waals surface area (Å²) in [7, 11) is 0. The monoisotopic (exact) mass is 344 g/mol. The molecule has 0 rings (SSSR count). The summed E-state index contributed by atoms with van der Waals surface area (Å²) >= 11 is 0. The van der Waals surface area contributed by atoms with Gasteiger partial charge in [-0.3, -0.25) is 14.4 Å². The third kappa shape index (κ3) is 10.2. The highest BCUT2D eigenvalue weighted by atomic mass is 16.7. The minimum atomic E-state index is -0.907. The van der Waals surface area contributed by atoms with E-state index in [9.17, 15) is 14.4 Å².